The maximum atomic E-state index is 12.6. The van der Waals surface area contributed by atoms with Crippen molar-refractivity contribution in [2.45, 2.75) is 13.5 Å². The minimum Gasteiger partial charge on any atom is -0.496 e. The van der Waals surface area contributed by atoms with Crippen molar-refractivity contribution in [1.29, 1.82) is 0 Å². The smallest absolute Gasteiger partial charge is 0.377 e. The first-order chi connectivity index (χ1) is 15.1. The summed E-state index contributed by atoms with van der Waals surface area (Å²) >= 11 is 7.66. The Balaban J connectivity index is 1.51. The van der Waals surface area contributed by atoms with Gasteiger partial charge in [0.2, 0.25) is 0 Å². The molecule has 2 heterocycles. The largest absolute Gasteiger partial charge is 0.496 e. The number of hydrogen-bond donors (Lipinski definition) is 0. The van der Waals surface area contributed by atoms with Crippen LogP contribution in [0.3, 0.4) is 0 Å². The number of hydrogen-bond acceptors (Lipinski definition) is 7. The molecule has 1 saturated heterocycles. The van der Waals surface area contributed by atoms with Crippen LogP contribution in [0.2, 0.25) is 5.02 Å². The molecular weight excluding hydrogens is 436 g/mol. The third-order valence-corrected chi connectivity index (χ3v) is 6.84. The molecule has 0 amide bonds. The van der Waals surface area contributed by atoms with Gasteiger partial charge in [-0.25, -0.2) is 4.79 Å². The van der Waals surface area contributed by atoms with Gasteiger partial charge in [0.25, 0.3) is 0 Å². The fourth-order valence-corrected chi connectivity index (χ4v) is 4.86. The van der Waals surface area contributed by atoms with Gasteiger partial charge in [0.15, 0.2) is 0 Å². The standard InChI is InChI=1S/C23H23ClN2O4S/c1-15(25-30-23(27)22-21(24)18-5-3-4-6-20(18)31-22)16-7-8-19(28-2)17(13-16)14-26-9-11-29-12-10-26/h3-8,13H,9-12,14H2,1-2H3/b25-15-. The third kappa shape index (κ3) is 4.91. The molecule has 1 aliphatic rings. The fourth-order valence-electron chi connectivity index (χ4n) is 3.48. The zero-order valence-corrected chi connectivity index (χ0v) is 19.0. The van der Waals surface area contributed by atoms with Crippen LogP contribution in [-0.4, -0.2) is 50.0 Å². The SMILES string of the molecule is COc1ccc(/C(C)=N\OC(=O)c2sc3ccccc3c2Cl)cc1CN1CCOCC1. The van der Waals surface area contributed by atoms with Gasteiger partial charge in [-0.05, 0) is 36.8 Å². The Morgan fingerprint density at radius 1 is 1.23 bits per heavy atom. The van der Waals surface area contributed by atoms with Gasteiger partial charge in [-0.3, -0.25) is 4.90 Å². The number of rotatable bonds is 6. The van der Waals surface area contributed by atoms with Crippen LogP contribution in [0.1, 0.15) is 27.7 Å². The average molecular weight is 459 g/mol. The zero-order valence-electron chi connectivity index (χ0n) is 17.4. The van der Waals surface area contributed by atoms with Crippen molar-refractivity contribution in [1.82, 2.24) is 4.90 Å². The molecule has 0 spiro atoms. The van der Waals surface area contributed by atoms with Crippen LogP contribution in [0.5, 0.6) is 5.75 Å². The van der Waals surface area contributed by atoms with E-state index in [0.717, 1.165) is 59.8 Å². The van der Waals surface area contributed by atoms with E-state index in [2.05, 4.69) is 10.1 Å². The second-order valence-electron chi connectivity index (χ2n) is 7.21. The van der Waals surface area contributed by atoms with Crippen molar-refractivity contribution in [3.63, 3.8) is 0 Å². The molecule has 0 saturated carbocycles. The Labute approximate surface area is 190 Å². The van der Waals surface area contributed by atoms with Gasteiger partial charge in [0, 0.05) is 35.3 Å². The molecule has 0 N–H and O–H groups in total. The predicted molar refractivity (Wildman–Crippen MR) is 124 cm³/mol. The number of ether oxygens (including phenoxy) is 2. The van der Waals surface area contributed by atoms with E-state index in [1.165, 1.54) is 11.3 Å². The van der Waals surface area contributed by atoms with Crippen LogP contribution in [0.15, 0.2) is 47.6 Å². The highest BCUT2D eigenvalue weighted by molar-refractivity contribution is 7.21. The Hall–Kier alpha value is -2.45. The van der Waals surface area contributed by atoms with Gasteiger partial charge in [-0.2, -0.15) is 0 Å². The summed E-state index contributed by atoms with van der Waals surface area (Å²) in [6.07, 6.45) is 0. The van der Waals surface area contributed by atoms with E-state index >= 15 is 0 Å². The molecule has 0 unspecified atom stereocenters. The summed E-state index contributed by atoms with van der Waals surface area (Å²) in [7, 11) is 1.66. The summed E-state index contributed by atoms with van der Waals surface area (Å²) in [5, 5.41) is 5.30. The zero-order chi connectivity index (χ0) is 21.8. The molecular formula is C23H23ClN2O4S. The van der Waals surface area contributed by atoms with Gasteiger partial charge in [-0.15, -0.1) is 11.3 Å². The van der Waals surface area contributed by atoms with E-state index in [4.69, 9.17) is 25.9 Å². The second-order valence-corrected chi connectivity index (χ2v) is 8.64. The van der Waals surface area contributed by atoms with E-state index in [9.17, 15) is 4.79 Å². The van der Waals surface area contributed by atoms with Gasteiger partial charge >= 0.3 is 5.97 Å². The first kappa shape index (κ1) is 21.8. The van der Waals surface area contributed by atoms with Crippen molar-refractivity contribution < 1.29 is 19.1 Å². The number of morpholine rings is 1. The summed E-state index contributed by atoms with van der Waals surface area (Å²) in [6.45, 7) is 5.80. The third-order valence-electron chi connectivity index (χ3n) is 5.18. The van der Waals surface area contributed by atoms with Crippen LogP contribution < -0.4 is 4.74 Å². The van der Waals surface area contributed by atoms with Crippen molar-refractivity contribution in [2.75, 3.05) is 33.4 Å². The van der Waals surface area contributed by atoms with Crippen molar-refractivity contribution in [3.8, 4) is 5.75 Å². The number of thiophene rings is 1. The quantitative estimate of drug-likeness (QED) is 0.296. The minimum absolute atomic E-state index is 0.349. The Kier molecular flexibility index (Phi) is 6.87. The van der Waals surface area contributed by atoms with E-state index in [1.807, 2.05) is 42.5 Å². The second kappa shape index (κ2) is 9.78. The predicted octanol–water partition coefficient (Wildman–Crippen LogP) is 4.98. The van der Waals surface area contributed by atoms with Gasteiger partial charge < -0.3 is 14.3 Å². The van der Waals surface area contributed by atoms with E-state index in [1.54, 1.807) is 14.0 Å². The lowest BCUT2D eigenvalue weighted by Crippen LogP contribution is -2.35. The summed E-state index contributed by atoms with van der Waals surface area (Å²) in [6, 6.07) is 13.4. The normalized spacial score (nSPS) is 15.3. The minimum atomic E-state index is -0.562. The fraction of sp³-hybridized carbons (Fsp3) is 0.304. The Bertz CT molecular complexity index is 1120. The highest BCUT2D eigenvalue weighted by atomic mass is 35.5. The van der Waals surface area contributed by atoms with Gasteiger partial charge in [0.05, 0.1) is 31.1 Å². The molecule has 4 rings (SSSR count). The van der Waals surface area contributed by atoms with E-state index < -0.39 is 5.97 Å². The number of carbonyl (C=O) groups is 1. The van der Waals surface area contributed by atoms with Crippen molar-refractivity contribution in [2.24, 2.45) is 5.16 Å². The summed E-state index contributed by atoms with van der Waals surface area (Å²) < 4.78 is 11.9. The first-order valence-electron chi connectivity index (χ1n) is 9.97. The summed E-state index contributed by atoms with van der Waals surface area (Å²) in [5.41, 5.74) is 2.51. The molecule has 2 aromatic carbocycles. The van der Waals surface area contributed by atoms with Crippen LogP contribution in [0, 0.1) is 0 Å². The molecule has 162 valence electrons. The number of nitrogens with zero attached hydrogens (tertiary/aromatic N) is 2. The Morgan fingerprint density at radius 2 is 2.00 bits per heavy atom. The molecule has 1 aromatic heterocycles. The molecule has 0 radical (unpaired) electrons. The molecule has 31 heavy (non-hydrogen) atoms. The van der Waals surface area contributed by atoms with E-state index in [-0.39, 0.29) is 0 Å². The van der Waals surface area contributed by atoms with Gasteiger partial charge in [-0.1, -0.05) is 35.0 Å². The monoisotopic (exact) mass is 458 g/mol. The molecule has 6 nitrogen and oxygen atoms in total. The Morgan fingerprint density at radius 3 is 2.74 bits per heavy atom. The lowest BCUT2D eigenvalue weighted by molar-refractivity contribution is 0.0339. The number of oxime groups is 1. The molecule has 8 heteroatoms. The lowest BCUT2D eigenvalue weighted by atomic mass is 10.1. The summed E-state index contributed by atoms with van der Waals surface area (Å²) in [4.78, 5) is 20.4. The van der Waals surface area contributed by atoms with E-state index in [0.29, 0.717) is 15.6 Å². The first-order valence-corrected chi connectivity index (χ1v) is 11.2. The van der Waals surface area contributed by atoms with Crippen LogP contribution in [-0.2, 0) is 16.1 Å². The number of halogens is 1. The number of carbonyl (C=O) groups excluding carboxylic acids is 1. The highest BCUT2D eigenvalue weighted by Gasteiger charge is 2.19. The highest BCUT2D eigenvalue weighted by Crippen LogP contribution is 2.35. The maximum Gasteiger partial charge on any atom is 0.377 e. The molecule has 1 aliphatic heterocycles. The number of methoxy groups -OCH3 is 1. The lowest BCUT2D eigenvalue weighted by Gasteiger charge is -2.27. The molecule has 0 aliphatic carbocycles. The number of benzene rings is 2. The summed E-state index contributed by atoms with van der Waals surface area (Å²) in [5.74, 6) is 0.254. The number of fused-ring (bicyclic) bond motifs is 1. The topological polar surface area (TPSA) is 60.4 Å². The molecule has 0 atom stereocenters. The average Bonchev–Trinajstić information content (AvgIpc) is 3.14. The maximum absolute atomic E-state index is 12.6. The molecule has 3 aromatic rings. The van der Waals surface area contributed by atoms with Crippen molar-refractivity contribution >= 4 is 44.7 Å². The van der Waals surface area contributed by atoms with Crippen LogP contribution in [0.4, 0.5) is 0 Å². The van der Waals surface area contributed by atoms with Crippen molar-refractivity contribution in [3.05, 3.63) is 63.5 Å². The molecule has 1 fully saturated rings. The van der Waals surface area contributed by atoms with Crippen LogP contribution >= 0.6 is 22.9 Å². The molecule has 0 bridgehead atoms. The van der Waals surface area contributed by atoms with Gasteiger partial charge in [0.1, 0.15) is 10.6 Å². The van der Waals surface area contributed by atoms with Crippen LogP contribution in [0.25, 0.3) is 10.1 Å².